The third-order valence-electron chi connectivity index (χ3n) is 5.52. The van der Waals surface area contributed by atoms with E-state index in [1.165, 1.54) is 0 Å². The van der Waals surface area contributed by atoms with Crippen LogP contribution in [0.1, 0.15) is 32.3 Å². The maximum atomic E-state index is 12.9. The van der Waals surface area contributed by atoms with Crippen LogP contribution in [0.25, 0.3) is 10.9 Å². The zero-order valence-electron chi connectivity index (χ0n) is 18.2. The number of carbonyl (C=O) groups excluding carboxylic acids is 2. The molecule has 2 aromatic rings. The van der Waals surface area contributed by atoms with Crippen LogP contribution in [0.15, 0.2) is 30.5 Å². The fraction of sp³-hybridized carbons (Fsp3) is 0.500. The maximum absolute atomic E-state index is 12.9. The van der Waals surface area contributed by atoms with E-state index in [2.05, 4.69) is 15.6 Å². The molecule has 0 spiro atoms. The van der Waals surface area contributed by atoms with E-state index in [1.54, 1.807) is 18.0 Å². The highest BCUT2D eigenvalue weighted by Crippen LogP contribution is 2.19. The van der Waals surface area contributed by atoms with Gasteiger partial charge in [0, 0.05) is 23.5 Å². The first-order valence-electron chi connectivity index (χ1n) is 10.4. The van der Waals surface area contributed by atoms with Crippen molar-refractivity contribution in [2.45, 2.75) is 51.2 Å². The van der Waals surface area contributed by atoms with Crippen LogP contribution in [0.5, 0.6) is 0 Å². The zero-order valence-corrected chi connectivity index (χ0v) is 19.0. The van der Waals surface area contributed by atoms with Crippen LogP contribution in [-0.4, -0.2) is 58.0 Å². The van der Waals surface area contributed by atoms with Gasteiger partial charge in [0.2, 0.25) is 11.8 Å². The molecule has 0 aliphatic heterocycles. The number of aromatic nitrogens is 1. The quantitative estimate of drug-likeness (QED) is 0.336. The molecule has 0 fully saturated rings. The number of benzene rings is 1. The number of rotatable bonds is 12. The topological polar surface area (TPSA) is 137 Å². The van der Waals surface area contributed by atoms with Crippen LogP contribution in [-0.2, 0) is 20.8 Å². The molecular weight excluding hydrogens is 416 g/mol. The number of para-hydroxylation sites is 1. The van der Waals surface area contributed by atoms with Crippen molar-refractivity contribution in [3.8, 4) is 0 Å². The van der Waals surface area contributed by atoms with Crippen LogP contribution in [0.3, 0.4) is 0 Å². The van der Waals surface area contributed by atoms with E-state index in [-0.39, 0.29) is 12.3 Å². The highest BCUT2D eigenvalue weighted by molar-refractivity contribution is 7.98. The number of aliphatic carboxylic acids is 1. The van der Waals surface area contributed by atoms with Crippen molar-refractivity contribution in [2.75, 3.05) is 12.0 Å². The number of carboxylic acids is 1. The monoisotopic (exact) mass is 448 g/mol. The highest BCUT2D eigenvalue weighted by Gasteiger charge is 2.29. The Balaban J connectivity index is 2.12. The molecule has 8 nitrogen and oxygen atoms in total. The van der Waals surface area contributed by atoms with E-state index >= 15 is 0 Å². The van der Waals surface area contributed by atoms with Gasteiger partial charge in [0.15, 0.2) is 0 Å². The summed E-state index contributed by atoms with van der Waals surface area (Å²) in [5.74, 6) is -1.45. The van der Waals surface area contributed by atoms with Crippen molar-refractivity contribution in [2.24, 2.45) is 11.7 Å². The minimum atomic E-state index is -1.13. The molecule has 1 aromatic heterocycles. The zero-order chi connectivity index (χ0) is 23.0. The van der Waals surface area contributed by atoms with Gasteiger partial charge in [0.1, 0.15) is 12.1 Å². The van der Waals surface area contributed by atoms with Crippen LogP contribution >= 0.6 is 11.8 Å². The van der Waals surface area contributed by atoms with Gasteiger partial charge in [-0.25, -0.2) is 4.79 Å². The summed E-state index contributed by atoms with van der Waals surface area (Å²) in [4.78, 5) is 40.4. The number of amides is 2. The maximum Gasteiger partial charge on any atom is 0.326 e. The number of fused-ring (bicyclic) bond motifs is 1. The first-order valence-corrected chi connectivity index (χ1v) is 11.8. The second kappa shape index (κ2) is 11.8. The number of thioether (sulfide) groups is 1. The predicted octanol–water partition coefficient (Wildman–Crippen LogP) is 1.89. The number of nitrogens with two attached hydrogens (primary N) is 1. The lowest BCUT2D eigenvalue weighted by atomic mass is 9.99. The van der Waals surface area contributed by atoms with Crippen LogP contribution in [0.2, 0.25) is 0 Å². The summed E-state index contributed by atoms with van der Waals surface area (Å²) in [5.41, 5.74) is 7.69. The van der Waals surface area contributed by atoms with E-state index in [4.69, 9.17) is 5.73 Å². The molecule has 2 rings (SSSR count). The Hall–Kier alpha value is -2.52. The standard InChI is InChI=1S/C22H32N4O4S/c1-4-13(2)19(23)21(28)25-17(9-10-31-3)20(27)26-18(22(29)30)11-14-12-24-16-8-6-5-7-15(14)16/h5-8,12-13,17-19,24H,4,9-11,23H2,1-3H3,(H,25,28)(H,26,27)(H,29,30)/t13-,17-,18-,19-/m0/s1. The molecule has 1 aromatic carbocycles. The normalized spacial score (nSPS) is 15.1. The smallest absolute Gasteiger partial charge is 0.326 e. The van der Waals surface area contributed by atoms with Gasteiger partial charge in [-0.2, -0.15) is 11.8 Å². The molecule has 2 amide bonds. The van der Waals surface area contributed by atoms with Crippen molar-refractivity contribution in [1.82, 2.24) is 15.6 Å². The molecule has 0 bridgehead atoms. The minimum absolute atomic E-state index is 0.0297. The SMILES string of the molecule is CC[C@H](C)[C@H](N)C(=O)N[C@@H](CCSC)C(=O)N[C@@H](Cc1c[nH]c2ccccc12)C(=O)O. The lowest BCUT2D eigenvalue weighted by molar-refractivity contribution is -0.142. The molecule has 31 heavy (non-hydrogen) atoms. The summed E-state index contributed by atoms with van der Waals surface area (Å²) in [7, 11) is 0. The average Bonchev–Trinajstić information content (AvgIpc) is 3.17. The molecule has 0 radical (unpaired) electrons. The van der Waals surface area contributed by atoms with Gasteiger partial charge >= 0.3 is 5.97 Å². The lowest BCUT2D eigenvalue weighted by Crippen LogP contribution is -2.55. The van der Waals surface area contributed by atoms with Gasteiger partial charge in [-0.05, 0) is 36.0 Å². The summed E-state index contributed by atoms with van der Waals surface area (Å²) in [6.07, 6.45) is 4.90. The molecular formula is C22H32N4O4S. The number of nitrogens with one attached hydrogen (secondary N) is 3. The molecule has 0 aliphatic rings. The number of carbonyl (C=O) groups is 3. The van der Waals surface area contributed by atoms with E-state index in [0.29, 0.717) is 12.2 Å². The van der Waals surface area contributed by atoms with Crippen LogP contribution in [0.4, 0.5) is 0 Å². The van der Waals surface area contributed by atoms with Crippen LogP contribution in [0, 0.1) is 5.92 Å². The second-order valence-electron chi connectivity index (χ2n) is 7.72. The Morgan fingerprint density at radius 2 is 1.84 bits per heavy atom. The first kappa shape index (κ1) is 24.7. The second-order valence-corrected chi connectivity index (χ2v) is 8.70. The number of H-pyrrole nitrogens is 1. The van der Waals surface area contributed by atoms with Gasteiger partial charge in [-0.3, -0.25) is 9.59 Å². The number of hydrogen-bond acceptors (Lipinski definition) is 5. The summed E-state index contributed by atoms with van der Waals surface area (Å²) < 4.78 is 0. The van der Waals surface area contributed by atoms with Crippen molar-refractivity contribution in [3.63, 3.8) is 0 Å². The van der Waals surface area contributed by atoms with Crippen molar-refractivity contribution in [1.29, 1.82) is 0 Å². The molecule has 170 valence electrons. The lowest BCUT2D eigenvalue weighted by Gasteiger charge is -2.24. The third-order valence-corrected chi connectivity index (χ3v) is 6.16. The first-order chi connectivity index (χ1) is 14.8. The van der Waals surface area contributed by atoms with E-state index < -0.39 is 35.9 Å². The molecule has 0 saturated heterocycles. The molecule has 0 saturated carbocycles. The molecule has 0 aliphatic carbocycles. The number of hydrogen-bond donors (Lipinski definition) is 5. The Morgan fingerprint density at radius 3 is 2.48 bits per heavy atom. The van der Waals surface area contributed by atoms with Gasteiger partial charge in [0.05, 0.1) is 6.04 Å². The molecule has 0 unspecified atom stereocenters. The van der Waals surface area contributed by atoms with E-state index in [1.807, 2.05) is 44.4 Å². The van der Waals surface area contributed by atoms with Crippen LogP contribution < -0.4 is 16.4 Å². The van der Waals surface area contributed by atoms with E-state index in [0.717, 1.165) is 22.9 Å². The predicted molar refractivity (Wildman–Crippen MR) is 124 cm³/mol. The van der Waals surface area contributed by atoms with E-state index in [9.17, 15) is 19.5 Å². The molecule has 6 N–H and O–H groups in total. The van der Waals surface area contributed by atoms with Crippen molar-refractivity contribution in [3.05, 3.63) is 36.0 Å². The Morgan fingerprint density at radius 1 is 1.16 bits per heavy atom. The average molecular weight is 449 g/mol. The largest absolute Gasteiger partial charge is 0.480 e. The Kier molecular flexibility index (Phi) is 9.39. The fourth-order valence-electron chi connectivity index (χ4n) is 3.28. The third kappa shape index (κ3) is 6.73. The Bertz CT molecular complexity index is 901. The van der Waals surface area contributed by atoms with Gasteiger partial charge in [-0.1, -0.05) is 38.5 Å². The fourth-order valence-corrected chi connectivity index (χ4v) is 3.75. The summed E-state index contributed by atoms with van der Waals surface area (Å²) in [6.45, 7) is 3.82. The molecule has 1 heterocycles. The molecule has 9 heteroatoms. The highest BCUT2D eigenvalue weighted by atomic mass is 32.2. The molecule has 4 atom stereocenters. The van der Waals surface area contributed by atoms with Crippen molar-refractivity contribution >= 4 is 40.4 Å². The summed E-state index contributed by atoms with van der Waals surface area (Å²) >= 11 is 1.54. The summed E-state index contributed by atoms with van der Waals surface area (Å²) in [6, 6.07) is 4.88. The minimum Gasteiger partial charge on any atom is -0.480 e. The van der Waals surface area contributed by atoms with Gasteiger partial charge in [0.25, 0.3) is 0 Å². The number of aromatic amines is 1. The Labute approximate surface area is 186 Å². The summed E-state index contributed by atoms with van der Waals surface area (Å²) in [5, 5.41) is 15.9. The van der Waals surface area contributed by atoms with Gasteiger partial charge in [-0.15, -0.1) is 0 Å². The van der Waals surface area contributed by atoms with Crippen molar-refractivity contribution < 1.29 is 19.5 Å². The van der Waals surface area contributed by atoms with Gasteiger partial charge < -0.3 is 26.5 Å². The number of carboxylic acid groups (broad SMARTS) is 1.